The molecule has 0 bridgehead atoms. The summed E-state index contributed by atoms with van der Waals surface area (Å²) in [6.07, 6.45) is 0. The Balaban J connectivity index is 2.00. The molecule has 1 fully saturated rings. The van der Waals surface area contributed by atoms with E-state index in [0.717, 1.165) is 43.6 Å². The molecule has 1 aliphatic heterocycles. The summed E-state index contributed by atoms with van der Waals surface area (Å²) in [6, 6.07) is 6.12. The molecule has 0 aromatic heterocycles. The van der Waals surface area contributed by atoms with Crippen molar-refractivity contribution >= 4 is 28.9 Å². The van der Waals surface area contributed by atoms with Gasteiger partial charge in [-0.3, -0.25) is 4.90 Å². The van der Waals surface area contributed by atoms with Crippen LogP contribution in [0.4, 0.5) is 5.69 Å². The van der Waals surface area contributed by atoms with Gasteiger partial charge in [-0.05, 0) is 30.7 Å². The molecule has 0 amide bonds. The van der Waals surface area contributed by atoms with E-state index in [0.29, 0.717) is 0 Å². The predicted octanol–water partition coefficient (Wildman–Crippen LogP) is 3.01. The van der Waals surface area contributed by atoms with Crippen molar-refractivity contribution in [1.29, 1.82) is 0 Å². The van der Waals surface area contributed by atoms with Crippen molar-refractivity contribution < 1.29 is 0 Å². The zero-order valence-electron chi connectivity index (χ0n) is 10.1. The van der Waals surface area contributed by atoms with E-state index in [1.54, 1.807) is 0 Å². The molecular weight excluding hydrogens is 255 g/mol. The molecule has 0 aliphatic carbocycles. The summed E-state index contributed by atoms with van der Waals surface area (Å²) in [5.74, 6) is 0.722. The molecule has 0 atom stereocenters. The largest absolute Gasteiger partial charge is 0.369 e. The molecule has 1 aliphatic rings. The van der Waals surface area contributed by atoms with Crippen LogP contribution in [0.2, 0.25) is 5.02 Å². The first-order chi connectivity index (χ1) is 8.20. The Morgan fingerprint density at radius 3 is 2.47 bits per heavy atom. The van der Waals surface area contributed by atoms with Crippen LogP contribution in [0.15, 0.2) is 18.2 Å². The average molecular weight is 273 g/mol. The molecule has 17 heavy (non-hydrogen) atoms. The van der Waals surface area contributed by atoms with E-state index in [1.807, 2.05) is 12.1 Å². The molecule has 94 valence electrons. The van der Waals surface area contributed by atoms with Crippen molar-refractivity contribution in [3.05, 3.63) is 28.8 Å². The Morgan fingerprint density at radius 1 is 1.18 bits per heavy atom. The monoisotopic (exact) mass is 272 g/mol. The first-order valence-electron chi connectivity index (χ1n) is 6.00. The average Bonchev–Trinajstić information content (AvgIpc) is 2.31. The summed E-state index contributed by atoms with van der Waals surface area (Å²) in [5, 5.41) is 0.812. The number of hydrogen-bond acceptors (Lipinski definition) is 2. The fourth-order valence-electron chi connectivity index (χ4n) is 2.31. The Morgan fingerprint density at radius 2 is 1.88 bits per heavy atom. The Bertz CT molecular complexity index is 374. The van der Waals surface area contributed by atoms with Crippen LogP contribution in [0.1, 0.15) is 5.56 Å². The minimum Gasteiger partial charge on any atom is -0.369 e. The predicted molar refractivity (Wildman–Crippen MR) is 75.6 cm³/mol. The van der Waals surface area contributed by atoms with E-state index in [4.69, 9.17) is 23.2 Å². The number of anilines is 1. The number of alkyl halides is 1. The summed E-state index contributed by atoms with van der Waals surface area (Å²) < 4.78 is 0. The maximum absolute atomic E-state index is 5.98. The number of hydrogen-bond donors (Lipinski definition) is 0. The zero-order chi connectivity index (χ0) is 12.3. The fourth-order valence-corrected chi connectivity index (χ4v) is 2.77. The van der Waals surface area contributed by atoms with Gasteiger partial charge < -0.3 is 4.90 Å². The fraction of sp³-hybridized carbons (Fsp3) is 0.538. The highest BCUT2D eigenvalue weighted by molar-refractivity contribution is 6.30. The van der Waals surface area contributed by atoms with Gasteiger partial charge in [0.2, 0.25) is 0 Å². The van der Waals surface area contributed by atoms with E-state index >= 15 is 0 Å². The van der Waals surface area contributed by atoms with Gasteiger partial charge in [-0.1, -0.05) is 11.6 Å². The molecule has 0 radical (unpaired) electrons. The Labute approximate surface area is 113 Å². The van der Waals surface area contributed by atoms with Gasteiger partial charge >= 0.3 is 0 Å². The number of nitrogens with zero attached hydrogens (tertiary/aromatic N) is 2. The molecule has 1 heterocycles. The topological polar surface area (TPSA) is 6.48 Å². The second-order valence-corrected chi connectivity index (χ2v) is 5.26. The molecule has 0 N–H and O–H groups in total. The van der Waals surface area contributed by atoms with Crippen LogP contribution in [0.3, 0.4) is 0 Å². The lowest BCUT2D eigenvalue weighted by molar-refractivity contribution is 0.272. The third kappa shape index (κ3) is 3.27. The maximum atomic E-state index is 5.98. The maximum Gasteiger partial charge on any atom is 0.0410 e. The van der Waals surface area contributed by atoms with E-state index < -0.39 is 0 Å². The molecule has 1 aromatic rings. The SMILES string of the molecule is Cc1cc(Cl)ccc1N1CCN(CCCl)CC1. The van der Waals surface area contributed by atoms with Gasteiger partial charge in [-0.25, -0.2) is 0 Å². The summed E-state index contributed by atoms with van der Waals surface area (Å²) in [6.45, 7) is 7.43. The summed E-state index contributed by atoms with van der Waals surface area (Å²) in [7, 11) is 0. The number of aryl methyl sites for hydroxylation is 1. The second-order valence-electron chi connectivity index (χ2n) is 4.45. The van der Waals surface area contributed by atoms with E-state index in [-0.39, 0.29) is 0 Å². The number of benzene rings is 1. The minimum absolute atomic E-state index is 0.722. The first kappa shape index (κ1) is 13.0. The first-order valence-corrected chi connectivity index (χ1v) is 6.91. The van der Waals surface area contributed by atoms with Gasteiger partial charge in [-0.15, -0.1) is 11.6 Å². The molecule has 1 aromatic carbocycles. The molecule has 1 saturated heterocycles. The highest BCUT2D eigenvalue weighted by atomic mass is 35.5. The van der Waals surface area contributed by atoms with Crippen LogP contribution in [0, 0.1) is 6.92 Å². The molecule has 2 rings (SSSR count). The van der Waals surface area contributed by atoms with Gasteiger partial charge in [0.05, 0.1) is 0 Å². The van der Waals surface area contributed by atoms with Gasteiger partial charge in [-0.2, -0.15) is 0 Å². The van der Waals surface area contributed by atoms with Crippen molar-refractivity contribution in [2.24, 2.45) is 0 Å². The molecule has 2 nitrogen and oxygen atoms in total. The van der Waals surface area contributed by atoms with Crippen LogP contribution in [-0.4, -0.2) is 43.5 Å². The Hall–Kier alpha value is -0.440. The highest BCUT2D eigenvalue weighted by Gasteiger charge is 2.17. The van der Waals surface area contributed by atoms with Gasteiger partial charge in [0.15, 0.2) is 0 Å². The van der Waals surface area contributed by atoms with Crippen molar-refractivity contribution in [2.45, 2.75) is 6.92 Å². The molecule has 4 heteroatoms. The van der Waals surface area contributed by atoms with Crippen LogP contribution in [0.5, 0.6) is 0 Å². The lowest BCUT2D eigenvalue weighted by atomic mass is 10.1. The molecule has 0 spiro atoms. The van der Waals surface area contributed by atoms with Crippen LogP contribution < -0.4 is 4.90 Å². The second kappa shape index (κ2) is 5.94. The molecule has 0 saturated carbocycles. The zero-order valence-corrected chi connectivity index (χ0v) is 11.6. The van der Waals surface area contributed by atoms with E-state index in [9.17, 15) is 0 Å². The standard InChI is InChI=1S/C13H18Cl2N2/c1-11-10-12(15)2-3-13(11)17-8-6-16(5-4-14)7-9-17/h2-3,10H,4-9H2,1H3. The van der Waals surface area contributed by atoms with E-state index in [2.05, 4.69) is 22.8 Å². The van der Waals surface area contributed by atoms with Crippen LogP contribution >= 0.6 is 23.2 Å². The van der Waals surface area contributed by atoms with Crippen LogP contribution in [-0.2, 0) is 0 Å². The highest BCUT2D eigenvalue weighted by Crippen LogP contribution is 2.24. The normalized spacial score (nSPS) is 17.5. The van der Waals surface area contributed by atoms with Crippen molar-refractivity contribution in [3.63, 3.8) is 0 Å². The molecular formula is C13H18Cl2N2. The van der Waals surface area contributed by atoms with Crippen molar-refractivity contribution in [2.75, 3.05) is 43.5 Å². The smallest absolute Gasteiger partial charge is 0.0410 e. The van der Waals surface area contributed by atoms with Crippen molar-refractivity contribution in [3.8, 4) is 0 Å². The lowest BCUT2D eigenvalue weighted by Crippen LogP contribution is -2.47. The van der Waals surface area contributed by atoms with E-state index in [1.165, 1.54) is 11.3 Å². The Kier molecular flexibility index (Phi) is 4.55. The van der Waals surface area contributed by atoms with Crippen molar-refractivity contribution in [1.82, 2.24) is 4.90 Å². The van der Waals surface area contributed by atoms with Gasteiger partial charge in [0.1, 0.15) is 0 Å². The third-order valence-corrected chi connectivity index (χ3v) is 3.68. The third-order valence-electron chi connectivity index (χ3n) is 3.27. The quantitative estimate of drug-likeness (QED) is 0.781. The number of piperazine rings is 1. The minimum atomic E-state index is 0.722. The summed E-state index contributed by atoms with van der Waals surface area (Å²) in [5.41, 5.74) is 2.56. The number of halogens is 2. The lowest BCUT2D eigenvalue weighted by Gasteiger charge is -2.36. The number of rotatable bonds is 3. The van der Waals surface area contributed by atoms with Crippen LogP contribution in [0.25, 0.3) is 0 Å². The summed E-state index contributed by atoms with van der Waals surface area (Å²) >= 11 is 11.7. The summed E-state index contributed by atoms with van der Waals surface area (Å²) in [4.78, 5) is 4.84. The van der Waals surface area contributed by atoms with Gasteiger partial charge in [0.25, 0.3) is 0 Å². The molecule has 0 unspecified atom stereocenters. The van der Waals surface area contributed by atoms with Gasteiger partial charge in [0, 0.05) is 49.3 Å².